The molecule has 1 heterocycles. The van der Waals surface area contributed by atoms with Gasteiger partial charge in [0, 0.05) is 30.5 Å². The summed E-state index contributed by atoms with van der Waals surface area (Å²) < 4.78 is 0. The molecule has 0 fully saturated rings. The highest BCUT2D eigenvalue weighted by molar-refractivity contribution is 5.97. The second-order valence-corrected chi connectivity index (χ2v) is 8.45. The van der Waals surface area contributed by atoms with E-state index in [-0.39, 0.29) is 23.3 Å². The minimum Gasteiger partial charge on any atom is -0.374 e. The first-order valence-corrected chi connectivity index (χ1v) is 9.74. The van der Waals surface area contributed by atoms with Gasteiger partial charge in [0.2, 0.25) is 11.8 Å². The van der Waals surface area contributed by atoms with E-state index in [4.69, 9.17) is 0 Å². The average Bonchev–Trinajstić information content (AvgIpc) is 3.04. The summed E-state index contributed by atoms with van der Waals surface area (Å²) in [6, 6.07) is 13.5. The van der Waals surface area contributed by atoms with E-state index < -0.39 is 0 Å². The summed E-state index contributed by atoms with van der Waals surface area (Å²) in [7, 11) is 0. The van der Waals surface area contributed by atoms with Crippen LogP contribution in [0, 0.1) is 0 Å². The highest BCUT2D eigenvalue weighted by atomic mass is 16.2. The van der Waals surface area contributed by atoms with Gasteiger partial charge in [-0.05, 0) is 60.2 Å². The Morgan fingerprint density at radius 2 is 1.68 bits per heavy atom. The predicted molar refractivity (Wildman–Crippen MR) is 115 cm³/mol. The van der Waals surface area contributed by atoms with Crippen LogP contribution in [0.15, 0.2) is 42.5 Å². The molecule has 0 radical (unpaired) electrons. The number of carbonyl (C=O) groups is 2. The molecule has 0 saturated heterocycles. The summed E-state index contributed by atoms with van der Waals surface area (Å²) in [5, 5.41) is 6.22. The molecule has 2 N–H and O–H groups in total. The van der Waals surface area contributed by atoms with E-state index in [0.717, 1.165) is 29.0 Å². The van der Waals surface area contributed by atoms with Crippen molar-refractivity contribution < 1.29 is 9.59 Å². The van der Waals surface area contributed by atoms with Crippen molar-refractivity contribution in [2.24, 2.45) is 0 Å². The molecule has 28 heavy (non-hydrogen) atoms. The number of benzene rings is 2. The highest BCUT2D eigenvalue weighted by Crippen LogP contribution is 2.30. The van der Waals surface area contributed by atoms with E-state index in [0.29, 0.717) is 6.54 Å². The third-order valence-electron chi connectivity index (χ3n) is 5.15. The molecule has 1 aliphatic rings. The minimum absolute atomic E-state index is 0.0599. The quantitative estimate of drug-likeness (QED) is 0.831. The number of fused-ring (bicyclic) bond motifs is 1. The van der Waals surface area contributed by atoms with Crippen LogP contribution in [0.5, 0.6) is 0 Å². The number of nitrogens with one attached hydrogen (secondary N) is 2. The Hall–Kier alpha value is -2.82. The van der Waals surface area contributed by atoms with Gasteiger partial charge in [-0.15, -0.1) is 0 Å². The molecule has 5 heteroatoms. The number of rotatable bonds is 4. The van der Waals surface area contributed by atoms with Crippen LogP contribution in [0.25, 0.3) is 0 Å². The van der Waals surface area contributed by atoms with Crippen LogP contribution in [-0.2, 0) is 21.4 Å². The molecule has 0 unspecified atom stereocenters. The molecule has 2 aromatic carbocycles. The zero-order chi connectivity index (χ0) is 20.5. The lowest BCUT2D eigenvalue weighted by molar-refractivity contribution is -0.117. The third-order valence-corrected chi connectivity index (χ3v) is 5.15. The van der Waals surface area contributed by atoms with Crippen molar-refractivity contribution in [1.82, 2.24) is 0 Å². The van der Waals surface area contributed by atoms with Crippen LogP contribution < -0.4 is 15.5 Å². The maximum Gasteiger partial charge on any atom is 0.246 e. The maximum absolute atomic E-state index is 12.5. The Morgan fingerprint density at radius 1 is 1.04 bits per heavy atom. The van der Waals surface area contributed by atoms with Crippen LogP contribution in [0.4, 0.5) is 17.1 Å². The molecule has 0 aliphatic carbocycles. The van der Waals surface area contributed by atoms with Gasteiger partial charge in [-0.3, -0.25) is 9.59 Å². The second-order valence-electron chi connectivity index (χ2n) is 8.45. The van der Waals surface area contributed by atoms with E-state index in [1.807, 2.05) is 37.3 Å². The van der Waals surface area contributed by atoms with Crippen LogP contribution in [0.3, 0.4) is 0 Å². The van der Waals surface area contributed by atoms with Crippen molar-refractivity contribution >= 4 is 28.9 Å². The van der Waals surface area contributed by atoms with Gasteiger partial charge in [0.05, 0.1) is 0 Å². The summed E-state index contributed by atoms with van der Waals surface area (Å²) >= 11 is 0. The normalized spacial score (nSPS) is 14.4. The lowest BCUT2D eigenvalue weighted by Crippen LogP contribution is -2.31. The van der Waals surface area contributed by atoms with E-state index >= 15 is 0 Å². The van der Waals surface area contributed by atoms with Crippen molar-refractivity contribution in [2.45, 2.75) is 52.5 Å². The van der Waals surface area contributed by atoms with Crippen molar-refractivity contribution in [3.05, 3.63) is 53.6 Å². The molecule has 0 spiro atoms. The van der Waals surface area contributed by atoms with Crippen LogP contribution in [0.1, 0.15) is 45.7 Å². The molecule has 0 saturated carbocycles. The fourth-order valence-electron chi connectivity index (χ4n) is 3.44. The number of amides is 2. The van der Waals surface area contributed by atoms with Crippen LogP contribution in [0.2, 0.25) is 0 Å². The van der Waals surface area contributed by atoms with E-state index in [1.54, 1.807) is 11.8 Å². The SMILES string of the molecule is CC(=O)N1CCc2cc(N[C@H](C)C(=O)Nc3ccc(C(C)(C)C)cc3)ccc21. The minimum atomic E-state index is -0.384. The summed E-state index contributed by atoms with van der Waals surface area (Å²) in [4.78, 5) is 26.0. The van der Waals surface area contributed by atoms with Crippen molar-refractivity contribution in [1.29, 1.82) is 0 Å². The van der Waals surface area contributed by atoms with Gasteiger partial charge in [0.1, 0.15) is 6.04 Å². The molecule has 148 valence electrons. The summed E-state index contributed by atoms with van der Waals surface area (Å²) in [5.41, 5.74) is 5.09. The Morgan fingerprint density at radius 3 is 2.29 bits per heavy atom. The van der Waals surface area contributed by atoms with Crippen molar-refractivity contribution in [3.8, 4) is 0 Å². The summed E-state index contributed by atoms with van der Waals surface area (Å²) in [5.74, 6) is -0.0287. The largest absolute Gasteiger partial charge is 0.374 e. The van der Waals surface area contributed by atoms with E-state index in [1.165, 1.54) is 5.56 Å². The highest BCUT2D eigenvalue weighted by Gasteiger charge is 2.23. The lowest BCUT2D eigenvalue weighted by Gasteiger charge is -2.20. The van der Waals surface area contributed by atoms with Gasteiger partial charge in [0.25, 0.3) is 0 Å². The first kappa shape index (κ1) is 19.9. The molecule has 3 rings (SSSR count). The fraction of sp³-hybridized carbons (Fsp3) is 0.391. The van der Waals surface area contributed by atoms with Crippen molar-refractivity contribution in [2.75, 3.05) is 22.1 Å². The molecular weight excluding hydrogens is 350 g/mol. The Bertz CT molecular complexity index is 882. The summed E-state index contributed by atoms with van der Waals surface area (Å²) in [6.07, 6.45) is 0.838. The Labute approximate surface area is 167 Å². The van der Waals surface area contributed by atoms with Crippen molar-refractivity contribution in [3.63, 3.8) is 0 Å². The third kappa shape index (κ3) is 4.35. The van der Waals surface area contributed by atoms with Gasteiger partial charge >= 0.3 is 0 Å². The monoisotopic (exact) mass is 379 g/mol. The fourth-order valence-corrected chi connectivity index (χ4v) is 3.44. The molecule has 5 nitrogen and oxygen atoms in total. The Balaban J connectivity index is 1.63. The molecule has 2 aromatic rings. The average molecular weight is 380 g/mol. The second kappa shape index (κ2) is 7.66. The van der Waals surface area contributed by atoms with Crippen LogP contribution in [-0.4, -0.2) is 24.4 Å². The van der Waals surface area contributed by atoms with Gasteiger partial charge in [0.15, 0.2) is 0 Å². The molecule has 1 atom stereocenters. The number of nitrogens with zero attached hydrogens (tertiary/aromatic N) is 1. The molecular formula is C23H29N3O2. The topological polar surface area (TPSA) is 61.4 Å². The van der Waals surface area contributed by atoms with Gasteiger partial charge < -0.3 is 15.5 Å². The zero-order valence-corrected chi connectivity index (χ0v) is 17.3. The van der Waals surface area contributed by atoms with E-state index in [2.05, 4.69) is 43.5 Å². The molecule has 0 aromatic heterocycles. The molecule has 2 amide bonds. The van der Waals surface area contributed by atoms with Gasteiger partial charge in [-0.25, -0.2) is 0 Å². The van der Waals surface area contributed by atoms with Crippen LogP contribution >= 0.6 is 0 Å². The number of hydrogen-bond donors (Lipinski definition) is 2. The number of carbonyl (C=O) groups excluding carboxylic acids is 2. The van der Waals surface area contributed by atoms with Gasteiger partial charge in [-0.2, -0.15) is 0 Å². The zero-order valence-electron chi connectivity index (χ0n) is 17.3. The van der Waals surface area contributed by atoms with E-state index in [9.17, 15) is 9.59 Å². The maximum atomic E-state index is 12.5. The smallest absolute Gasteiger partial charge is 0.246 e. The standard InChI is InChI=1S/C23H29N3O2/c1-15(22(28)25-19-8-6-18(7-9-19)23(3,4)5)24-20-10-11-21-17(14-20)12-13-26(21)16(2)27/h6-11,14-15,24H,12-13H2,1-5H3,(H,25,28)/t15-/m1/s1. The summed E-state index contributed by atoms with van der Waals surface area (Å²) in [6.45, 7) is 10.6. The number of anilines is 3. The first-order valence-electron chi connectivity index (χ1n) is 9.74. The molecule has 0 bridgehead atoms. The first-order chi connectivity index (χ1) is 13.1. The van der Waals surface area contributed by atoms with Gasteiger partial charge in [-0.1, -0.05) is 32.9 Å². The lowest BCUT2D eigenvalue weighted by atomic mass is 9.87. The predicted octanol–water partition coefficient (Wildman–Crippen LogP) is 4.33. The number of hydrogen-bond acceptors (Lipinski definition) is 3. The molecule has 1 aliphatic heterocycles. The Kier molecular flexibility index (Phi) is 5.45.